The highest BCUT2D eigenvalue weighted by atomic mass is 79.9. The molecule has 2 heterocycles. The molecule has 0 saturated heterocycles. The zero-order valence-electron chi connectivity index (χ0n) is 18.3. The van der Waals surface area contributed by atoms with Crippen molar-refractivity contribution in [3.05, 3.63) is 100 Å². The Morgan fingerprint density at radius 2 is 1.91 bits per heavy atom. The first-order valence-corrected chi connectivity index (χ1v) is 11.9. The van der Waals surface area contributed by atoms with Crippen LogP contribution in [0.2, 0.25) is 0 Å². The lowest BCUT2D eigenvalue weighted by molar-refractivity contribution is -0.139. The number of rotatable bonds is 4. The van der Waals surface area contributed by atoms with Crippen LogP contribution < -0.4 is 14.9 Å². The van der Waals surface area contributed by atoms with E-state index in [9.17, 15) is 9.59 Å². The van der Waals surface area contributed by atoms with Gasteiger partial charge in [0.2, 0.25) is 0 Å². The maximum Gasteiger partial charge on any atom is 0.338 e. The van der Waals surface area contributed by atoms with E-state index >= 15 is 0 Å². The molecule has 0 saturated carbocycles. The van der Waals surface area contributed by atoms with Crippen LogP contribution in [0.5, 0.6) is 0 Å². The molecule has 0 amide bonds. The summed E-state index contributed by atoms with van der Waals surface area (Å²) in [5, 5.41) is 0. The van der Waals surface area contributed by atoms with Crippen LogP contribution in [0.4, 0.5) is 0 Å². The van der Waals surface area contributed by atoms with Gasteiger partial charge in [-0.2, -0.15) is 0 Å². The molecule has 3 aromatic rings. The average Bonchev–Trinajstić information content (AvgIpc) is 3.05. The molecule has 2 aromatic carbocycles. The van der Waals surface area contributed by atoms with E-state index in [0.717, 1.165) is 26.7 Å². The van der Waals surface area contributed by atoms with Crippen LogP contribution in [0.25, 0.3) is 6.08 Å². The highest BCUT2D eigenvalue weighted by Gasteiger charge is 2.33. The molecule has 164 valence electrons. The number of thiazole rings is 1. The maximum atomic E-state index is 13.5. The maximum absolute atomic E-state index is 13.5. The summed E-state index contributed by atoms with van der Waals surface area (Å²) in [7, 11) is 0. The Kier molecular flexibility index (Phi) is 6.31. The molecular weight excluding hydrogens is 488 g/mol. The fraction of sp³-hybridized carbons (Fsp3) is 0.240. The molecule has 32 heavy (non-hydrogen) atoms. The fourth-order valence-electron chi connectivity index (χ4n) is 3.71. The molecule has 0 spiro atoms. The molecule has 7 heteroatoms. The third-order valence-corrected chi connectivity index (χ3v) is 7.24. The van der Waals surface area contributed by atoms with E-state index in [2.05, 4.69) is 20.9 Å². The van der Waals surface area contributed by atoms with Gasteiger partial charge < -0.3 is 4.74 Å². The molecule has 1 atom stereocenters. The molecule has 0 bridgehead atoms. The van der Waals surface area contributed by atoms with Crippen LogP contribution in [-0.2, 0) is 9.53 Å². The minimum Gasteiger partial charge on any atom is -0.463 e. The number of hydrogen-bond donors (Lipinski definition) is 0. The van der Waals surface area contributed by atoms with Crippen LogP contribution >= 0.6 is 27.3 Å². The Morgan fingerprint density at radius 1 is 1.19 bits per heavy atom. The lowest BCUT2D eigenvalue weighted by atomic mass is 9.95. The Morgan fingerprint density at radius 3 is 2.56 bits per heavy atom. The van der Waals surface area contributed by atoms with E-state index in [0.29, 0.717) is 20.6 Å². The number of aromatic nitrogens is 1. The summed E-state index contributed by atoms with van der Waals surface area (Å²) < 4.78 is 8.49. The third kappa shape index (κ3) is 4.14. The summed E-state index contributed by atoms with van der Waals surface area (Å²) in [5.74, 6) is -0.448. The first-order valence-electron chi connectivity index (χ1n) is 10.3. The van der Waals surface area contributed by atoms with Gasteiger partial charge in [0, 0.05) is 4.47 Å². The summed E-state index contributed by atoms with van der Waals surface area (Å²) in [6.45, 7) is 7.83. The number of esters is 1. The molecular formula is C25H23BrN2O3S. The number of carbonyl (C=O) groups is 1. The van der Waals surface area contributed by atoms with Crippen molar-refractivity contribution >= 4 is 39.3 Å². The molecule has 1 aliphatic rings. The minimum absolute atomic E-state index is 0.176. The molecule has 0 unspecified atom stereocenters. The zero-order valence-corrected chi connectivity index (χ0v) is 20.7. The third-order valence-electron chi connectivity index (χ3n) is 5.40. The topological polar surface area (TPSA) is 60.7 Å². The van der Waals surface area contributed by atoms with E-state index in [4.69, 9.17) is 4.74 Å². The van der Waals surface area contributed by atoms with Gasteiger partial charge in [-0.05, 0) is 56.5 Å². The van der Waals surface area contributed by atoms with Crippen molar-refractivity contribution in [2.24, 2.45) is 4.99 Å². The number of nitrogens with zero attached hydrogens (tertiary/aromatic N) is 2. The normalized spacial score (nSPS) is 16.0. The van der Waals surface area contributed by atoms with Crippen LogP contribution in [0, 0.1) is 13.8 Å². The van der Waals surface area contributed by atoms with Crippen molar-refractivity contribution in [2.75, 3.05) is 6.61 Å². The molecule has 1 aromatic heterocycles. The number of ether oxygens (including phenoxy) is 1. The number of halogens is 1. The van der Waals surface area contributed by atoms with Gasteiger partial charge in [-0.15, -0.1) is 0 Å². The van der Waals surface area contributed by atoms with Gasteiger partial charge in [0.1, 0.15) is 0 Å². The summed E-state index contributed by atoms with van der Waals surface area (Å²) in [5.41, 5.74) is 4.78. The second-order valence-electron chi connectivity index (χ2n) is 7.72. The Hall–Kier alpha value is -2.77. The molecule has 4 rings (SSSR count). The van der Waals surface area contributed by atoms with Crippen LogP contribution in [-0.4, -0.2) is 17.1 Å². The van der Waals surface area contributed by atoms with Crippen molar-refractivity contribution in [1.29, 1.82) is 0 Å². The molecule has 1 aliphatic heterocycles. The summed E-state index contributed by atoms with van der Waals surface area (Å²) in [4.78, 5) is 31.6. The average molecular weight is 511 g/mol. The SMILES string of the molecule is CCOC(=O)C1=C(C)N=c2s/c(=C\c3ccc(C)c(Br)c3)c(=O)n2[C@@H]1c1ccc(C)cc1. The monoisotopic (exact) mass is 510 g/mol. The van der Waals surface area contributed by atoms with Gasteiger partial charge in [-0.25, -0.2) is 9.79 Å². The predicted molar refractivity (Wildman–Crippen MR) is 130 cm³/mol. The van der Waals surface area contributed by atoms with Gasteiger partial charge in [0.05, 0.1) is 28.5 Å². The number of allylic oxidation sites excluding steroid dienone is 1. The van der Waals surface area contributed by atoms with E-state index in [-0.39, 0.29) is 12.2 Å². The standard InChI is InChI=1S/C25H23BrN2O3S/c1-5-31-24(30)21-16(4)27-25-28(22(21)18-10-6-14(2)7-11-18)23(29)20(32-25)13-17-9-8-15(3)19(26)12-17/h6-13,22H,5H2,1-4H3/b20-13-/t22-/m1/s1. The van der Waals surface area contributed by atoms with Crippen LogP contribution in [0.1, 0.15) is 42.1 Å². The fourth-order valence-corrected chi connectivity index (χ4v) is 5.15. The number of carbonyl (C=O) groups excluding carboxylic acids is 1. The Balaban J connectivity index is 1.95. The largest absolute Gasteiger partial charge is 0.463 e. The second kappa shape index (κ2) is 9.00. The van der Waals surface area contributed by atoms with Gasteiger partial charge in [-0.1, -0.05) is 69.2 Å². The number of hydrogen-bond acceptors (Lipinski definition) is 5. The summed E-state index contributed by atoms with van der Waals surface area (Å²) in [6.07, 6.45) is 1.86. The molecule has 0 fully saturated rings. The summed E-state index contributed by atoms with van der Waals surface area (Å²) >= 11 is 4.88. The first-order chi connectivity index (χ1) is 15.3. The molecule has 0 radical (unpaired) electrons. The highest BCUT2D eigenvalue weighted by molar-refractivity contribution is 9.10. The van der Waals surface area contributed by atoms with Gasteiger partial charge in [-0.3, -0.25) is 9.36 Å². The number of fused-ring (bicyclic) bond motifs is 1. The van der Waals surface area contributed by atoms with Crippen molar-refractivity contribution in [2.45, 2.75) is 33.7 Å². The lowest BCUT2D eigenvalue weighted by Gasteiger charge is -2.24. The second-order valence-corrected chi connectivity index (χ2v) is 9.59. The zero-order chi connectivity index (χ0) is 23.0. The van der Waals surface area contributed by atoms with E-state index < -0.39 is 12.0 Å². The summed E-state index contributed by atoms with van der Waals surface area (Å²) in [6, 6.07) is 13.2. The Bertz CT molecular complexity index is 1410. The highest BCUT2D eigenvalue weighted by Crippen LogP contribution is 2.30. The van der Waals surface area contributed by atoms with Crippen molar-refractivity contribution in [3.63, 3.8) is 0 Å². The first kappa shape index (κ1) is 22.4. The van der Waals surface area contributed by atoms with Crippen molar-refractivity contribution in [1.82, 2.24) is 4.57 Å². The quantitative estimate of drug-likeness (QED) is 0.494. The smallest absolute Gasteiger partial charge is 0.338 e. The Labute approximate surface area is 198 Å². The predicted octanol–water partition coefficient (Wildman–Crippen LogP) is 4.18. The van der Waals surface area contributed by atoms with E-state index in [1.54, 1.807) is 18.4 Å². The molecule has 0 N–H and O–H groups in total. The number of benzene rings is 2. The number of aryl methyl sites for hydroxylation is 2. The van der Waals surface area contributed by atoms with E-state index in [1.807, 2.05) is 62.4 Å². The van der Waals surface area contributed by atoms with Gasteiger partial charge >= 0.3 is 5.97 Å². The lowest BCUT2D eigenvalue weighted by Crippen LogP contribution is -2.39. The molecule has 0 aliphatic carbocycles. The molecule has 5 nitrogen and oxygen atoms in total. The van der Waals surface area contributed by atoms with E-state index in [1.165, 1.54) is 11.3 Å². The van der Waals surface area contributed by atoms with Gasteiger partial charge in [0.15, 0.2) is 4.80 Å². The van der Waals surface area contributed by atoms with Crippen molar-refractivity contribution in [3.8, 4) is 0 Å². The van der Waals surface area contributed by atoms with Crippen LogP contribution in [0.15, 0.2) is 68.0 Å². The van der Waals surface area contributed by atoms with Gasteiger partial charge in [0.25, 0.3) is 5.56 Å². The van der Waals surface area contributed by atoms with Crippen molar-refractivity contribution < 1.29 is 9.53 Å². The van der Waals surface area contributed by atoms with Crippen LogP contribution in [0.3, 0.4) is 0 Å². The minimum atomic E-state index is -0.585.